The quantitative estimate of drug-likeness (QED) is 0.867. The van der Waals surface area contributed by atoms with Crippen molar-refractivity contribution in [2.75, 3.05) is 13.1 Å². The lowest BCUT2D eigenvalue weighted by atomic mass is 9.78. The molecule has 1 saturated heterocycles. The maximum absolute atomic E-state index is 6.12. The van der Waals surface area contributed by atoms with Crippen LogP contribution in [0.2, 0.25) is 0 Å². The molecule has 0 bridgehead atoms. The number of hydrogen-bond acceptors (Lipinski definition) is 2. The lowest BCUT2D eigenvalue weighted by molar-refractivity contribution is 0.0864. The summed E-state index contributed by atoms with van der Waals surface area (Å²) in [5, 5.41) is 0. The van der Waals surface area contributed by atoms with Crippen LogP contribution in [0.5, 0.6) is 0 Å². The molecule has 2 unspecified atom stereocenters. The molecule has 2 atom stereocenters. The molecule has 2 aliphatic rings. The van der Waals surface area contributed by atoms with Crippen molar-refractivity contribution in [3.05, 3.63) is 35.9 Å². The average Bonchev–Trinajstić information content (AvgIpc) is 2.72. The van der Waals surface area contributed by atoms with Crippen LogP contribution in [0.1, 0.15) is 37.7 Å². The third kappa shape index (κ3) is 2.60. The normalized spacial score (nSPS) is 33.1. The number of benzene rings is 1. The van der Waals surface area contributed by atoms with Gasteiger partial charge in [-0.05, 0) is 49.6 Å². The lowest BCUT2D eigenvalue weighted by Crippen LogP contribution is -2.42. The van der Waals surface area contributed by atoms with Gasteiger partial charge in [-0.15, -0.1) is 0 Å². The second kappa shape index (κ2) is 5.02. The standard InChI is InChI=1S/C16H24N2/c17-15-7-9-16(11-15)8-4-10-18(13-16)12-14-5-2-1-3-6-14/h1-3,5-6,15H,4,7-13,17H2. The smallest absolute Gasteiger partial charge is 0.0233 e. The molecule has 3 rings (SSSR count). The van der Waals surface area contributed by atoms with Gasteiger partial charge < -0.3 is 5.73 Å². The van der Waals surface area contributed by atoms with Crippen molar-refractivity contribution in [3.63, 3.8) is 0 Å². The highest BCUT2D eigenvalue weighted by atomic mass is 15.1. The maximum atomic E-state index is 6.12. The van der Waals surface area contributed by atoms with Gasteiger partial charge in [-0.3, -0.25) is 4.90 Å². The summed E-state index contributed by atoms with van der Waals surface area (Å²) in [6.45, 7) is 3.62. The van der Waals surface area contributed by atoms with Crippen LogP contribution in [0.3, 0.4) is 0 Å². The molecule has 1 spiro atoms. The van der Waals surface area contributed by atoms with Gasteiger partial charge in [-0.25, -0.2) is 0 Å². The van der Waals surface area contributed by atoms with Gasteiger partial charge in [0.15, 0.2) is 0 Å². The fraction of sp³-hybridized carbons (Fsp3) is 0.625. The van der Waals surface area contributed by atoms with Crippen molar-refractivity contribution in [3.8, 4) is 0 Å². The first-order chi connectivity index (χ1) is 8.76. The summed E-state index contributed by atoms with van der Waals surface area (Å²) in [5.41, 5.74) is 8.11. The second-order valence-corrected chi connectivity index (χ2v) is 6.30. The van der Waals surface area contributed by atoms with Crippen LogP contribution < -0.4 is 5.73 Å². The summed E-state index contributed by atoms with van der Waals surface area (Å²) in [4.78, 5) is 2.64. The van der Waals surface area contributed by atoms with E-state index in [0.717, 1.165) is 6.54 Å². The minimum absolute atomic E-state index is 0.460. The largest absolute Gasteiger partial charge is 0.328 e. The van der Waals surface area contributed by atoms with E-state index in [-0.39, 0.29) is 0 Å². The van der Waals surface area contributed by atoms with Crippen LogP contribution in [-0.4, -0.2) is 24.0 Å². The molecule has 98 valence electrons. The molecular formula is C16H24N2. The summed E-state index contributed by atoms with van der Waals surface area (Å²) in [6.07, 6.45) is 6.57. The predicted molar refractivity (Wildman–Crippen MR) is 75.2 cm³/mol. The number of hydrogen-bond donors (Lipinski definition) is 1. The van der Waals surface area contributed by atoms with Crippen molar-refractivity contribution in [1.29, 1.82) is 0 Å². The molecule has 1 heterocycles. The number of nitrogens with zero attached hydrogens (tertiary/aromatic N) is 1. The molecule has 18 heavy (non-hydrogen) atoms. The summed E-state index contributed by atoms with van der Waals surface area (Å²) in [5.74, 6) is 0. The Bertz CT molecular complexity index is 385. The van der Waals surface area contributed by atoms with E-state index in [9.17, 15) is 0 Å². The molecule has 0 amide bonds. The van der Waals surface area contributed by atoms with Crippen LogP contribution in [0.15, 0.2) is 30.3 Å². The van der Waals surface area contributed by atoms with E-state index >= 15 is 0 Å². The van der Waals surface area contributed by atoms with Gasteiger partial charge in [0.2, 0.25) is 0 Å². The van der Waals surface area contributed by atoms with Gasteiger partial charge in [0.1, 0.15) is 0 Å². The third-order valence-electron chi connectivity index (χ3n) is 4.73. The van der Waals surface area contributed by atoms with Gasteiger partial charge in [0.25, 0.3) is 0 Å². The summed E-state index contributed by atoms with van der Waals surface area (Å²) in [7, 11) is 0. The highest BCUT2D eigenvalue weighted by Gasteiger charge is 2.40. The SMILES string of the molecule is NC1CCC2(CCCN(Cc3ccccc3)C2)C1. The van der Waals surface area contributed by atoms with Crippen molar-refractivity contribution in [2.45, 2.75) is 44.7 Å². The van der Waals surface area contributed by atoms with Gasteiger partial charge >= 0.3 is 0 Å². The predicted octanol–water partition coefficient (Wildman–Crippen LogP) is 2.78. The van der Waals surface area contributed by atoms with E-state index in [1.165, 1.54) is 50.8 Å². The second-order valence-electron chi connectivity index (χ2n) is 6.30. The molecule has 2 heteroatoms. The van der Waals surface area contributed by atoms with E-state index in [1.807, 2.05) is 0 Å². The molecule has 1 aromatic carbocycles. The fourth-order valence-electron chi connectivity index (χ4n) is 3.91. The highest BCUT2D eigenvalue weighted by Crippen LogP contribution is 2.44. The Morgan fingerprint density at radius 2 is 2.06 bits per heavy atom. The van der Waals surface area contributed by atoms with Crippen molar-refractivity contribution < 1.29 is 0 Å². The molecule has 0 radical (unpaired) electrons. The maximum Gasteiger partial charge on any atom is 0.0233 e. The minimum Gasteiger partial charge on any atom is -0.328 e. The zero-order chi connectivity index (χ0) is 12.4. The minimum atomic E-state index is 0.460. The third-order valence-corrected chi connectivity index (χ3v) is 4.73. The average molecular weight is 244 g/mol. The molecule has 2 N–H and O–H groups in total. The number of nitrogens with two attached hydrogens (primary N) is 1. The first-order valence-electron chi connectivity index (χ1n) is 7.28. The van der Waals surface area contributed by atoms with E-state index < -0.39 is 0 Å². The Balaban J connectivity index is 1.64. The summed E-state index contributed by atoms with van der Waals surface area (Å²) < 4.78 is 0. The summed E-state index contributed by atoms with van der Waals surface area (Å²) in [6, 6.07) is 11.3. The van der Waals surface area contributed by atoms with E-state index in [4.69, 9.17) is 5.73 Å². The zero-order valence-corrected chi connectivity index (χ0v) is 11.1. The van der Waals surface area contributed by atoms with Crippen LogP contribution in [0.25, 0.3) is 0 Å². The molecule has 1 aliphatic carbocycles. The molecule has 2 nitrogen and oxygen atoms in total. The van der Waals surface area contributed by atoms with Crippen molar-refractivity contribution >= 4 is 0 Å². The fourth-order valence-corrected chi connectivity index (χ4v) is 3.91. The van der Waals surface area contributed by atoms with E-state index in [2.05, 4.69) is 35.2 Å². The number of rotatable bonds is 2. The lowest BCUT2D eigenvalue weighted by Gasteiger charge is -2.40. The van der Waals surface area contributed by atoms with Crippen molar-refractivity contribution in [2.24, 2.45) is 11.1 Å². The van der Waals surface area contributed by atoms with E-state index in [0.29, 0.717) is 11.5 Å². The Labute approximate surface area is 110 Å². The molecule has 1 aromatic rings. The molecule has 2 fully saturated rings. The Morgan fingerprint density at radius 1 is 1.22 bits per heavy atom. The Kier molecular flexibility index (Phi) is 3.40. The van der Waals surface area contributed by atoms with Crippen LogP contribution in [0, 0.1) is 5.41 Å². The van der Waals surface area contributed by atoms with Gasteiger partial charge in [-0.2, -0.15) is 0 Å². The van der Waals surface area contributed by atoms with Crippen LogP contribution in [0.4, 0.5) is 0 Å². The van der Waals surface area contributed by atoms with Gasteiger partial charge in [0.05, 0.1) is 0 Å². The first kappa shape index (κ1) is 12.2. The molecule has 0 aromatic heterocycles. The number of likely N-dealkylation sites (tertiary alicyclic amines) is 1. The first-order valence-corrected chi connectivity index (χ1v) is 7.28. The van der Waals surface area contributed by atoms with Gasteiger partial charge in [0, 0.05) is 19.1 Å². The van der Waals surface area contributed by atoms with Gasteiger partial charge in [-0.1, -0.05) is 30.3 Å². The van der Waals surface area contributed by atoms with Crippen LogP contribution in [-0.2, 0) is 6.54 Å². The number of piperidine rings is 1. The Morgan fingerprint density at radius 3 is 2.78 bits per heavy atom. The zero-order valence-electron chi connectivity index (χ0n) is 11.1. The van der Waals surface area contributed by atoms with Crippen molar-refractivity contribution in [1.82, 2.24) is 4.90 Å². The van der Waals surface area contributed by atoms with E-state index in [1.54, 1.807) is 0 Å². The Hall–Kier alpha value is -0.860. The molecule has 1 aliphatic heterocycles. The van der Waals surface area contributed by atoms with Crippen LogP contribution >= 0.6 is 0 Å². The topological polar surface area (TPSA) is 29.3 Å². The summed E-state index contributed by atoms with van der Waals surface area (Å²) >= 11 is 0. The highest BCUT2D eigenvalue weighted by molar-refractivity contribution is 5.14. The molecule has 1 saturated carbocycles. The monoisotopic (exact) mass is 244 g/mol. The molecular weight excluding hydrogens is 220 g/mol.